The van der Waals surface area contributed by atoms with Crippen molar-refractivity contribution < 1.29 is 28.9 Å². The van der Waals surface area contributed by atoms with Crippen molar-refractivity contribution in [2.45, 2.75) is 116 Å². The Balaban J connectivity index is 3.10. The number of ether oxygens (including phenoxy) is 3. The van der Waals surface area contributed by atoms with Crippen LogP contribution in [0.2, 0.25) is 0 Å². The van der Waals surface area contributed by atoms with E-state index in [1.165, 1.54) is 77.0 Å². The molecular formula is C25H48O6. The Morgan fingerprint density at radius 1 is 0.548 bits per heavy atom. The van der Waals surface area contributed by atoms with E-state index in [0.29, 0.717) is 32.7 Å². The Morgan fingerprint density at radius 3 is 1.55 bits per heavy atom. The van der Waals surface area contributed by atoms with Crippen LogP contribution in [0.3, 0.4) is 0 Å². The molecule has 0 fully saturated rings. The zero-order chi connectivity index (χ0) is 22.8. The summed E-state index contributed by atoms with van der Waals surface area (Å²) in [6, 6.07) is 0. The molecule has 6 heteroatoms. The molecule has 0 amide bonds. The largest absolute Gasteiger partial charge is 0.481 e. The molecule has 0 aliphatic rings. The van der Waals surface area contributed by atoms with Gasteiger partial charge in [0.15, 0.2) is 0 Å². The van der Waals surface area contributed by atoms with Gasteiger partial charge < -0.3 is 19.3 Å². The van der Waals surface area contributed by atoms with Gasteiger partial charge in [0, 0.05) is 19.4 Å². The van der Waals surface area contributed by atoms with E-state index in [-0.39, 0.29) is 25.4 Å². The molecule has 0 radical (unpaired) electrons. The summed E-state index contributed by atoms with van der Waals surface area (Å²) in [4.78, 5) is 21.8. The molecule has 0 unspecified atom stereocenters. The summed E-state index contributed by atoms with van der Waals surface area (Å²) in [5, 5.41) is 8.52. The molecule has 0 aromatic heterocycles. The normalized spacial score (nSPS) is 11.0. The predicted octanol–water partition coefficient (Wildman–Crippen LogP) is 6.30. The van der Waals surface area contributed by atoms with Gasteiger partial charge in [0.05, 0.1) is 19.8 Å². The number of hydrogen-bond donors (Lipinski definition) is 1. The van der Waals surface area contributed by atoms with Crippen LogP contribution >= 0.6 is 0 Å². The third kappa shape index (κ3) is 26.8. The van der Waals surface area contributed by atoms with Crippen LogP contribution in [0, 0.1) is 0 Å². The maximum atomic E-state index is 11.4. The number of carboxylic acid groups (broad SMARTS) is 1. The highest BCUT2D eigenvalue weighted by molar-refractivity contribution is 5.69. The van der Waals surface area contributed by atoms with Crippen LogP contribution in [0.15, 0.2) is 0 Å². The van der Waals surface area contributed by atoms with E-state index in [1.807, 2.05) is 0 Å². The van der Waals surface area contributed by atoms with E-state index in [0.717, 1.165) is 13.0 Å². The second-order valence-corrected chi connectivity index (χ2v) is 8.29. The molecule has 0 bridgehead atoms. The molecule has 0 spiro atoms. The first kappa shape index (κ1) is 29.9. The molecule has 0 aromatic rings. The molecule has 0 aliphatic heterocycles. The van der Waals surface area contributed by atoms with E-state index >= 15 is 0 Å². The molecule has 184 valence electrons. The number of aliphatic carboxylic acids is 1. The van der Waals surface area contributed by atoms with Gasteiger partial charge in [-0.2, -0.15) is 0 Å². The first-order chi connectivity index (χ1) is 15.2. The van der Waals surface area contributed by atoms with Gasteiger partial charge in [-0.1, -0.05) is 84.0 Å². The van der Waals surface area contributed by atoms with Crippen LogP contribution in [-0.4, -0.2) is 50.1 Å². The summed E-state index contributed by atoms with van der Waals surface area (Å²) >= 11 is 0. The summed E-state index contributed by atoms with van der Waals surface area (Å²) in [6.07, 6.45) is 18.9. The van der Waals surface area contributed by atoms with E-state index in [4.69, 9.17) is 19.3 Å². The summed E-state index contributed by atoms with van der Waals surface area (Å²) < 4.78 is 16.0. The molecule has 31 heavy (non-hydrogen) atoms. The summed E-state index contributed by atoms with van der Waals surface area (Å²) in [5.74, 6) is -1.13. The van der Waals surface area contributed by atoms with Crippen LogP contribution in [0.25, 0.3) is 0 Å². The van der Waals surface area contributed by atoms with Crippen molar-refractivity contribution in [2.75, 3.05) is 33.0 Å². The van der Waals surface area contributed by atoms with Crippen molar-refractivity contribution in [1.29, 1.82) is 0 Å². The zero-order valence-corrected chi connectivity index (χ0v) is 20.0. The third-order valence-corrected chi connectivity index (χ3v) is 5.28. The second kappa shape index (κ2) is 25.1. The Morgan fingerprint density at radius 2 is 1.00 bits per heavy atom. The number of carbonyl (C=O) groups excluding carboxylic acids is 1. The number of rotatable bonds is 25. The van der Waals surface area contributed by atoms with Gasteiger partial charge in [-0.3, -0.25) is 9.59 Å². The average Bonchev–Trinajstić information content (AvgIpc) is 2.75. The molecule has 0 heterocycles. The van der Waals surface area contributed by atoms with Crippen molar-refractivity contribution >= 4 is 11.9 Å². The quantitative estimate of drug-likeness (QED) is 0.131. The van der Waals surface area contributed by atoms with Gasteiger partial charge in [-0.05, 0) is 19.3 Å². The van der Waals surface area contributed by atoms with Gasteiger partial charge in [0.1, 0.15) is 6.61 Å². The molecule has 0 saturated heterocycles. The number of carbonyl (C=O) groups is 2. The Kier molecular flexibility index (Phi) is 24.2. The maximum absolute atomic E-state index is 11.4. The number of carboxylic acids is 1. The van der Waals surface area contributed by atoms with Crippen LogP contribution < -0.4 is 0 Å². The first-order valence-electron chi connectivity index (χ1n) is 12.7. The highest BCUT2D eigenvalue weighted by Crippen LogP contribution is 2.12. The molecule has 0 rings (SSSR count). The van der Waals surface area contributed by atoms with Crippen molar-refractivity contribution in [1.82, 2.24) is 0 Å². The van der Waals surface area contributed by atoms with Crippen LogP contribution in [-0.2, 0) is 23.8 Å². The van der Waals surface area contributed by atoms with Crippen LogP contribution in [0.1, 0.15) is 116 Å². The summed E-state index contributed by atoms with van der Waals surface area (Å²) in [6.45, 7) is 4.73. The van der Waals surface area contributed by atoms with Crippen LogP contribution in [0.5, 0.6) is 0 Å². The third-order valence-electron chi connectivity index (χ3n) is 5.28. The minimum absolute atomic E-state index is 0.0930. The fraction of sp³-hybridized carbons (Fsp3) is 0.920. The monoisotopic (exact) mass is 444 g/mol. The molecule has 0 atom stereocenters. The highest BCUT2D eigenvalue weighted by atomic mass is 16.6. The molecule has 0 aliphatic carbocycles. The van der Waals surface area contributed by atoms with Crippen molar-refractivity contribution in [2.24, 2.45) is 0 Å². The minimum Gasteiger partial charge on any atom is -0.481 e. The lowest BCUT2D eigenvalue weighted by Gasteiger charge is -2.07. The Bertz CT molecular complexity index is 399. The summed E-state index contributed by atoms with van der Waals surface area (Å²) in [5.41, 5.74) is 0. The fourth-order valence-electron chi connectivity index (χ4n) is 3.38. The topological polar surface area (TPSA) is 82.1 Å². The first-order valence-corrected chi connectivity index (χ1v) is 12.7. The lowest BCUT2D eigenvalue weighted by Crippen LogP contribution is -2.13. The molecule has 0 saturated carbocycles. The van der Waals surface area contributed by atoms with Gasteiger partial charge in [0.2, 0.25) is 0 Å². The zero-order valence-electron chi connectivity index (χ0n) is 20.0. The Hall–Kier alpha value is -1.14. The van der Waals surface area contributed by atoms with Gasteiger partial charge in [0.25, 0.3) is 0 Å². The lowest BCUT2D eigenvalue weighted by atomic mass is 10.0. The van der Waals surface area contributed by atoms with Gasteiger partial charge in [-0.15, -0.1) is 0 Å². The van der Waals surface area contributed by atoms with Gasteiger partial charge in [-0.25, -0.2) is 0 Å². The standard InChI is InChI=1S/C25H48O6/c1-2-3-4-5-6-7-8-9-10-11-12-13-16-19-29-20-21-30-22-23-31-25(28)18-15-14-17-24(26)27/h2-23H2,1H3,(H,26,27). The Labute approximate surface area is 190 Å². The van der Waals surface area contributed by atoms with Crippen LogP contribution in [0.4, 0.5) is 0 Å². The number of esters is 1. The fourth-order valence-corrected chi connectivity index (χ4v) is 3.38. The van der Waals surface area contributed by atoms with Crippen molar-refractivity contribution in [3.05, 3.63) is 0 Å². The van der Waals surface area contributed by atoms with E-state index in [2.05, 4.69) is 6.92 Å². The molecule has 6 nitrogen and oxygen atoms in total. The molecular weight excluding hydrogens is 396 g/mol. The number of unbranched alkanes of at least 4 members (excludes halogenated alkanes) is 13. The average molecular weight is 445 g/mol. The van der Waals surface area contributed by atoms with Crippen molar-refractivity contribution in [3.8, 4) is 0 Å². The second-order valence-electron chi connectivity index (χ2n) is 8.29. The van der Waals surface area contributed by atoms with E-state index < -0.39 is 5.97 Å². The number of hydrogen-bond acceptors (Lipinski definition) is 5. The smallest absolute Gasteiger partial charge is 0.305 e. The minimum atomic E-state index is -0.835. The molecule has 0 aromatic carbocycles. The van der Waals surface area contributed by atoms with Gasteiger partial charge >= 0.3 is 11.9 Å². The lowest BCUT2D eigenvalue weighted by molar-refractivity contribution is -0.146. The van der Waals surface area contributed by atoms with E-state index in [9.17, 15) is 9.59 Å². The summed E-state index contributed by atoms with van der Waals surface area (Å²) in [7, 11) is 0. The van der Waals surface area contributed by atoms with E-state index in [1.54, 1.807) is 0 Å². The SMILES string of the molecule is CCCCCCCCCCCCCCCOCCOCCOC(=O)CCCCC(=O)O. The predicted molar refractivity (Wildman–Crippen MR) is 124 cm³/mol. The van der Waals surface area contributed by atoms with Crippen molar-refractivity contribution in [3.63, 3.8) is 0 Å². The highest BCUT2D eigenvalue weighted by Gasteiger charge is 2.04. The maximum Gasteiger partial charge on any atom is 0.305 e. The molecule has 1 N–H and O–H groups in total.